The predicted molar refractivity (Wildman–Crippen MR) is 117 cm³/mol. The van der Waals surface area contributed by atoms with Crippen molar-refractivity contribution in [2.24, 2.45) is 0 Å². The lowest BCUT2D eigenvalue weighted by molar-refractivity contribution is 0.0472. The van der Waals surface area contributed by atoms with Crippen molar-refractivity contribution in [3.8, 4) is 22.8 Å². The molecule has 2 heterocycles. The highest BCUT2D eigenvalue weighted by Gasteiger charge is 2.26. The topological polar surface area (TPSA) is 115 Å². The molecule has 31 heavy (non-hydrogen) atoms. The van der Waals surface area contributed by atoms with Gasteiger partial charge < -0.3 is 14.6 Å². The van der Waals surface area contributed by atoms with Crippen molar-refractivity contribution >= 4 is 49.2 Å². The molecule has 0 aliphatic carbocycles. The lowest BCUT2D eigenvalue weighted by atomic mass is 10.0. The van der Waals surface area contributed by atoms with E-state index >= 15 is 0 Å². The van der Waals surface area contributed by atoms with Crippen LogP contribution in [0.2, 0.25) is 5.02 Å². The molecule has 0 radical (unpaired) electrons. The SMILES string of the molecule is COc1cc2c(cn1)COC(=O)c1cc(Br)c(O)c(c1)S(=O)(=O)Nc1cc-2ccc1Cl. The average molecular weight is 526 g/mol. The molecular weight excluding hydrogens is 512 g/mol. The molecule has 1 aliphatic rings. The molecule has 2 aromatic carbocycles. The number of phenols is 1. The average Bonchev–Trinajstić information content (AvgIpc) is 2.74. The van der Waals surface area contributed by atoms with E-state index in [1.165, 1.54) is 31.5 Å². The highest BCUT2D eigenvalue weighted by molar-refractivity contribution is 9.10. The van der Waals surface area contributed by atoms with Crippen LogP contribution in [0, 0.1) is 0 Å². The van der Waals surface area contributed by atoms with Crippen molar-refractivity contribution in [3.05, 3.63) is 63.2 Å². The molecule has 0 atom stereocenters. The van der Waals surface area contributed by atoms with Crippen molar-refractivity contribution in [1.29, 1.82) is 0 Å². The number of carbonyl (C=O) groups is 1. The molecular formula is C20H14BrClN2O6S. The second kappa shape index (κ2) is 8.03. The van der Waals surface area contributed by atoms with Crippen LogP contribution < -0.4 is 9.46 Å². The molecule has 160 valence electrons. The first-order valence-corrected chi connectivity index (χ1v) is 11.4. The van der Waals surface area contributed by atoms with Crippen molar-refractivity contribution in [2.75, 3.05) is 11.8 Å². The summed E-state index contributed by atoms with van der Waals surface area (Å²) in [6.45, 7) is -0.128. The van der Waals surface area contributed by atoms with Crippen LogP contribution in [0.5, 0.6) is 11.6 Å². The number of aromatic hydroxyl groups is 1. The van der Waals surface area contributed by atoms with Gasteiger partial charge in [0.15, 0.2) is 0 Å². The van der Waals surface area contributed by atoms with Gasteiger partial charge in [-0.3, -0.25) is 4.72 Å². The number of nitrogens with zero attached hydrogens (tertiary/aromatic N) is 1. The summed E-state index contributed by atoms with van der Waals surface area (Å²) in [6.07, 6.45) is 1.51. The largest absolute Gasteiger partial charge is 0.505 e. The first-order chi connectivity index (χ1) is 14.7. The number of esters is 1. The summed E-state index contributed by atoms with van der Waals surface area (Å²) in [5.41, 5.74) is 1.80. The lowest BCUT2D eigenvalue weighted by Crippen LogP contribution is -2.15. The Morgan fingerprint density at radius 3 is 2.74 bits per heavy atom. The van der Waals surface area contributed by atoms with E-state index in [2.05, 4.69) is 25.6 Å². The van der Waals surface area contributed by atoms with Gasteiger partial charge in [-0.2, -0.15) is 0 Å². The maximum absolute atomic E-state index is 13.0. The third-order valence-electron chi connectivity index (χ3n) is 4.60. The Hall–Kier alpha value is -2.82. The summed E-state index contributed by atoms with van der Waals surface area (Å²) in [4.78, 5) is 16.3. The lowest BCUT2D eigenvalue weighted by Gasteiger charge is -2.14. The monoisotopic (exact) mass is 524 g/mol. The summed E-state index contributed by atoms with van der Waals surface area (Å²) in [5.74, 6) is -1.00. The Morgan fingerprint density at radius 2 is 2.00 bits per heavy atom. The van der Waals surface area contributed by atoms with Gasteiger partial charge in [0.1, 0.15) is 17.3 Å². The normalized spacial score (nSPS) is 14.7. The van der Waals surface area contributed by atoms with Crippen LogP contribution in [-0.2, 0) is 21.4 Å². The van der Waals surface area contributed by atoms with E-state index in [4.69, 9.17) is 21.1 Å². The van der Waals surface area contributed by atoms with Crippen molar-refractivity contribution in [1.82, 2.24) is 4.98 Å². The number of nitrogens with one attached hydrogen (secondary N) is 1. The third-order valence-corrected chi connectivity index (χ3v) is 6.92. The van der Waals surface area contributed by atoms with Gasteiger partial charge in [0.2, 0.25) is 5.88 Å². The van der Waals surface area contributed by atoms with Crippen LogP contribution in [-0.4, -0.2) is 31.6 Å². The second-order valence-corrected chi connectivity index (χ2v) is 9.48. The van der Waals surface area contributed by atoms with Crippen LogP contribution in [0.1, 0.15) is 15.9 Å². The molecule has 0 amide bonds. The summed E-state index contributed by atoms with van der Waals surface area (Å²) in [5, 5.41) is 10.5. The second-order valence-electron chi connectivity index (χ2n) is 6.56. The van der Waals surface area contributed by atoms with Gasteiger partial charge in [0, 0.05) is 17.8 Å². The summed E-state index contributed by atoms with van der Waals surface area (Å²) in [6, 6.07) is 8.71. The number of rotatable bonds is 1. The number of ether oxygens (including phenoxy) is 2. The predicted octanol–water partition coefficient (Wildman–Crippen LogP) is 4.35. The van der Waals surface area contributed by atoms with Gasteiger partial charge in [-0.15, -0.1) is 0 Å². The smallest absolute Gasteiger partial charge is 0.338 e. The van der Waals surface area contributed by atoms with E-state index in [1.54, 1.807) is 12.1 Å². The van der Waals surface area contributed by atoms with E-state index in [-0.39, 0.29) is 27.4 Å². The van der Waals surface area contributed by atoms with Crippen LogP contribution in [0.25, 0.3) is 11.1 Å². The molecule has 0 unspecified atom stereocenters. The molecule has 8 nitrogen and oxygen atoms in total. The molecule has 1 aliphatic heterocycles. The Morgan fingerprint density at radius 1 is 1.23 bits per heavy atom. The highest BCUT2D eigenvalue weighted by Crippen LogP contribution is 2.37. The molecule has 3 aromatic rings. The number of benzene rings is 2. The minimum atomic E-state index is -4.31. The number of phenolic OH excluding ortho intramolecular Hbond substituents is 1. The van der Waals surface area contributed by atoms with Crippen molar-refractivity contribution in [2.45, 2.75) is 11.5 Å². The van der Waals surface area contributed by atoms with Crippen LogP contribution in [0.15, 0.2) is 52.0 Å². The quantitative estimate of drug-likeness (QED) is 0.454. The zero-order chi connectivity index (χ0) is 22.3. The minimum Gasteiger partial charge on any atom is -0.505 e. The van der Waals surface area contributed by atoms with Gasteiger partial charge >= 0.3 is 5.97 Å². The number of hydrogen-bond acceptors (Lipinski definition) is 7. The van der Waals surface area contributed by atoms with Gasteiger partial charge in [0.05, 0.1) is 27.9 Å². The number of aromatic nitrogens is 1. The minimum absolute atomic E-state index is 0.0175. The van der Waals surface area contributed by atoms with E-state index < -0.39 is 26.6 Å². The zero-order valence-corrected chi connectivity index (χ0v) is 19.0. The highest BCUT2D eigenvalue weighted by atomic mass is 79.9. The van der Waals surface area contributed by atoms with Crippen LogP contribution >= 0.6 is 27.5 Å². The standard InChI is InChI=1S/C20H14BrClN2O6S/c1-29-18-7-13-10-2-3-15(22)16(5-10)24-31(27,28)17-6-11(4-14(21)19(17)25)20(26)30-9-12(13)8-23-18/h2-8,24-25H,9H2,1H3. The summed E-state index contributed by atoms with van der Waals surface area (Å²) < 4.78 is 39.0. The summed E-state index contributed by atoms with van der Waals surface area (Å²) in [7, 11) is -2.84. The molecule has 0 saturated carbocycles. The fraction of sp³-hybridized carbons (Fsp3) is 0.100. The van der Waals surface area contributed by atoms with E-state index in [0.717, 1.165) is 6.07 Å². The maximum atomic E-state index is 13.0. The van der Waals surface area contributed by atoms with Crippen LogP contribution in [0.3, 0.4) is 0 Å². The number of carbonyl (C=O) groups excluding carboxylic acids is 1. The molecule has 0 spiro atoms. The Bertz CT molecular complexity index is 1330. The fourth-order valence-electron chi connectivity index (χ4n) is 3.05. The van der Waals surface area contributed by atoms with Gasteiger partial charge in [-0.05, 0) is 51.3 Å². The van der Waals surface area contributed by atoms with Gasteiger partial charge in [0.25, 0.3) is 10.0 Å². The molecule has 4 rings (SSSR count). The zero-order valence-electron chi connectivity index (χ0n) is 15.8. The van der Waals surface area contributed by atoms with E-state index in [0.29, 0.717) is 22.6 Å². The molecule has 11 heteroatoms. The van der Waals surface area contributed by atoms with Gasteiger partial charge in [-0.1, -0.05) is 17.7 Å². The first-order valence-electron chi connectivity index (χ1n) is 8.75. The number of anilines is 1. The molecule has 0 saturated heterocycles. The number of pyridine rings is 1. The van der Waals surface area contributed by atoms with E-state index in [1.807, 2.05) is 0 Å². The molecule has 4 bridgehead atoms. The first kappa shape index (κ1) is 21.4. The van der Waals surface area contributed by atoms with Gasteiger partial charge in [-0.25, -0.2) is 18.2 Å². The molecule has 0 fully saturated rings. The number of hydrogen-bond donors (Lipinski definition) is 2. The number of sulfonamides is 1. The van der Waals surface area contributed by atoms with Crippen molar-refractivity contribution < 1.29 is 27.8 Å². The maximum Gasteiger partial charge on any atom is 0.338 e. The number of methoxy groups -OCH3 is 1. The number of fused-ring (bicyclic) bond motifs is 6. The third kappa shape index (κ3) is 4.06. The molecule has 2 N–H and O–H groups in total. The fourth-order valence-corrected chi connectivity index (χ4v) is 5.08. The van der Waals surface area contributed by atoms with Crippen molar-refractivity contribution in [3.63, 3.8) is 0 Å². The summed E-state index contributed by atoms with van der Waals surface area (Å²) >= 11 is 9.31. The Labute approximate surface area is 191 Å². The van der Waals surface area contributed by atoms with E-state index in [9.17, 15) is 18.3 Å². The Balaban J connectivity index is 1.98. The Kier molecular flexibility index (Phi) is 5.54. The van der Waals surface area contributed by atoms with Crippen LogP contribution in [0.4, 0.5) is 5.69 Å². The number of halogens is 2. The number of cyclic esters (lactones) is 1. The molecule has 1 aromatic heterocycles.